The molecule has 3 aromatic rings. The molecule has 0 saturated heterocycles. The number of anilines is 1. The first-order valence-corrected chi connectivity index (χ1v) is 6.57. The van der Waals surface area contributed by atoms with Crippen molar-refractivity contribution in [3.63, 3.8) is 0 Å². The molecule has 0 aliphatic carbocycles. The number of halogens is 1. The molecule has 100 valence electrons. The third-order valence-corrected chi connectivity index (χ3v) is 3.35. The van der Waals surface area contributed by atoms with Gasteiger partial charge in [-0.2, -0.15) is 4.68 Å². The molecule has 1 aromatic heterocycles. The molecule has 0 amide bonds. The van der Waals surface area contributed by atoms with Gasteiger partial charge in [0.2, 0.25) is 0 Å². The lowest BCUT2D eigenvalue weighted by Gasteiger charge is -2.04. The van der Waals surface area contributed by atoms with Gasteiger partial charge in [-0.3, -0.25) is 0 Å². The number of aromatic nitrogens is 3. The highest BCUT2D eigenvalue weighted by Crippen LogP contribution is 2.25. The minimum Gasteiger partial charge on any atom is -0.382 e. The number of nitrogens with two attached hydrogens (primary N) is 1. The van der Waals surface area contributed by atoms with E-state index in [9.17, 15) is 0 Å². The second-order valence-corrected chi connectivity index (χ2v) is 5.01. The molecule has 5 heteroatoms. The first-order chi connectivity index (χ1) is 9.65. The topological polar surface area (TPSA) is 56.7 Å². The van der Waals surface area contributed by atoms with E-state index in [0.717, 1.165) is 11.3 Å². The summed E-state index contributed by atoms with van der Waals surface area (Å²) in [6.45, 7) is 2.04. The summed E-state index contributed by atoms with van der Waals surface area (Å²) < 4.78 is 1.60. The fraction of sp³-hybridized carbons (Fsp3) is 0.0667. The van der Waals surface area contributed by atoms with E-state index >= 15 is 0 Å². The van der Waals surface area contributed by atoms with Crippen LogP contribution in [0.15, 0.2) is 48.5 Å². The third kappa shape index (κ3) is 2.26. The lowest BCUT2D eigenvalue weighted by Crippen LogP contribution is -2.02. The highest BCUT2D eigenvalue weighted by atomic mass is 35.5. The molecular formula is C15H13ClN4. The zero-order valence-electron chi connectivity index (χ0n) is 10.9. The number of rotatable bonds is 2. The van der Waals surface area contributed by atoms with E-state index in [0.29, 0.717) is 16.5 Å². The van der Waals surface area contributed by atoms with E-state index in [1.165, 1.54) is 5.56 Å². The van der Waals surface area contributed by atoms with Crippen molar-refractivity contribution in [2.75, 3.05) is 5.73 Å². The van der Waals surface area contributed by atoms with E-state index in [-0.39, 0.29) is 0 Å². The highest BCUT2D eigenvalue weighted by molar-refractivity contribution is 6.30. The van der Waals surface area contributed by atoms with E-state index in [2.05, 4.69) is 10.3 Å². The Bertz CT molecular complexity index is 667. The van der Waals surface area contributed by atoms with Crippen molar-refractivity contribution < 1.29 is 0 Å². The minimum absolute atomic E-state index is 0.510. The van der Waals surface area contributed by atoms with E-state index < -0.39 is 0 Å². The van der Waals surface area contributed by atoms with E-state index in [1.54, 1.807) is 16.8 Å². The Hall–Kier alpha value is -2.33. The molecular weight excluding hydrogens is 272 g/mol. The first kappa shape index (κ1) is 12.7. The molecule has 0 fully saturated rings. The van der Waals surface area contributed by atoms with Crippen molar-refractivity contribution in [1.82, 2.24) is 15.0 Å². The lowest BCUT2D eigenvalue weighted by atomic mass is 10.1. The maximum Gasteiger partial charge on any atom is 0.155 e. The second-order valence-electron chi connectivity index (χ2n) is 4.58. The molecule has 0 radical (unpaired) electrons. The van der Waals surface area contributed by atoms with Gasteiger partial charge in [-0.1, -0.05) is 46.6 Å². The maximum absolute atomic E-state index is 6.15. The van der Waals surface area contributed by atoms with Gasteiger partial charge in [0.25, 0.3) is 0 Å². The van der Waals surface area contributed by atoms with E-state index in [1.807, 2.05) is 43.3 Å². The predicted octanol–water partition coefficient (Wildman–Crippen LogP) is 3.48. The summed E-state index contributed by atoms with van der Waals surface area (Å²) in [5.74, 6) is 0.510. The molecule has 0 saturated carbocycles. The standard InChI is InChI=1S/C15H13ClN4/c1-10-2-4-11(5-3-10)14-15(17)20(19-18-14)13-8-6-12(16)7-9-13/h2-9H,17H2,1H3. The fourth-order valence-corrected chi connectivity index (χ4v) is 2.11. The summed E-state index contributed by atoms with van der Waals surface area (Å²) in [5, 5.41) is 8.95. The van der Waals surface area contributed by atoms with Crippen LogP contribution in [-0.2, 0) is 0 Å². The molecule has 0 bridgehead atoms. The number of benzene rings is 2. The summed E-state index contributed by atoms with van der Waals surface area (Å²) in [6, 6.07) is 15.3. The summed E-state index contributed by atoms with van der Waals surface area (Å²) >= 11 is 5.88. The molecule has 0 atom stereocenters. The van der Waals surface area contributed by atoms with Crippen LogP contribution in [0.25, 0.3) is 16.9 Å². The van der Waals surface area contributed by atoms with Gasteiger partial charge < -0.3 is 5.73 Å². The Morgan fingerprint density at radius 2 is 1.65 bits per heavy atom. The molecule has 0 spiro atoms. The van der Waals surface area contributed by atoms with Crippen LogP contribution in [0.3, 0.4) is 0 Å². The number of nitrogen functional groups attached to an aromatic ring is 1. The minimum atomic E-state index is 0.510. The molecule has 20 heavy (non-hydrogen) atoms. The van der Waals surface area contributed by atoms with Crippen molar-refractivity contribution in [3.05, 3.63) is 59.1 Å². The quantitative estimate of drug-likeness (QED) is 0.784. The maximum atomic E-state index is 6.15. The Kier molecular flexibility index (Phi) is 3.16. The number of nitrogens with zero attached hydrogens (tertiary/aromatic N) is 3. The monoisotopic (exact) mass is 284 g/mol. The molecule has 0 unspecified atom stereocenters. The molecule has 2 aromatic carbocycles. The average molecular weight is 285 g/mol. The Morgan fingerprint density at radius 1 is 1.00 bits per heavy atom. The number of hydrogen-bond acceptors (Lipinski definition) is 3. The summed E-state index contributed by atoms with van der Waals surface area (Å²) in [5.41, 5.74) is 9.80. The SMILES string of the molecule is Cc1ccc(-c2nnn(-c3ccc(Cl)cc3)c2N)cc1. The third-order valence-electron chi connectivity index (χ3n) is 3.10. The molecule has 2 N–H and O–H groups in total. The molecule has 3 rings (SSSR count). The smallest absolute Gasteiger partial charge is 0.155 e. The van der Waals surface area contributed by atoms with Crippen LogP contribution in [0, 0.1) is 6.92 Å². The number of hydrogen-bond donors (Lipinski definition) is 1. The molecule has 4 nitrogen and oxygen atoms in total. The van der Waals surface area contributed by atoms with Crippen LogP contribution in [-0.4, -0.2) is 15.0 Å². The van der Waals surface area contributed by atoms with Gasteiger partial charge in [0.15, 0.2) is 5.82 Å². The van der Waals surface area contributed by atoms with Gasteiger partial charge >= 0.3 is 0 Å². The highest BCUT2D eigenvalue weighted by Gasteiger charge is 2.12. The van der Waals surface area contributed by atoms with Crippen LogP contribution in [0.5, 0.6) is 0 Å². The van der Waals surface area contributed by atoms with Crippen molar-refractivity contribution in [1.29, 1.82) is 0 Å². The van der Waals surface area contributed by atoms with Crippen LogP contribution in [0.4, 0.5) is 5.82 Å². The summed E-state index contributed by atoms with van der Waals surface area (Å²) in [6.07, 6.45) is 0. The summed E-state index contributed by atoms with van der Waals surface area (Å²) in [7, 11) is 0. The Balaban J connectivity index is 2.04. The van der Waals surface area contributed by atoms with Gasteiger partial charge in [-0.15, -0.1) is 5.10 Å². The zero-order valence-corrected chi connectivity index (χ0v) is 11.7. The fourth-order valence-electron chi connectivity index (χ4n) is 1.98. The molecule has 0 aliphatic heterocycles. The first-order valence-electron chi connectivity index (χ1n) is 6.19. The van der Waals surface area contributed by atoms with Crippen molar-refractivity contribution in [2.45, 2.75) is 6.92 Å². The van der Waals surface area contributed by atoms with Crippen LogP contribution in [0.2, 0.25) is 5.02 Å². The Morgan fingerprint density at radius 3 is 2.30 bits per heavy atom. The van der Waals surface area contributed by atoms with Gasteiger partial charge in [-0.05, 0) is 31.2 Å². The van der Waals surface area contributed by atoms with Crippen LogP contribution >= 0.6 is 11.6 Å². The van der Waals surface area contributed by atoms with Crippen LogP contribution < -0.4 is 5.73 Å². The second kappa shape index (κ2) is 4.98. The van der Waals surface area contributed by atoms with Crippen molar-refractivity contribution in [2.24, 2.45) is 0 Å². The molecule has 1 heterocycles. The van der Waals surface area contributed by atoms with Crippen LogP contribution in [0.1, 0.15) is 5.56 Å². The largest absolute Gasteiger partial charge is 0.382 e. The van der Waals surface area contributed by atoms with Crippen molar-refractivity contribution >= 4 is 17.4 Å². The zero-order chi connectivity index (χ0) is 14.1. The van der Waals surface area contributed by atoms with E-state index in [4.69, 9.17) is 17.3 Å². The number of aryl methyl sites for hydroxylation is 1. The lowest BCUT2D eigenvalue weighted by molar-refractivity contribution is 0.810. The predicted molar refractivity (Wildman–Crippen MR) is 81.0 cm³/mol. The van der Waals surface area contributed by atoms with Crippen molar-refractivity contribution in [3.8, 4) is 16.9 Å². The van der Waals surface area contributed by atoms with Gasteiger partial charge in [-0.25, -0.2) is 0 Å². The normalized spacial score (nSPS) is 10.7. The Labute approximate surface area is 121 Å². The van der Waals surface area contributed by atoms with Gasteiger partial charge in [0.1, 0.15) is 5.69 Å². The summed E-state index contributed by atoms with van der Waals surface area (Å²) in [4.78, 5) is 0. The average Bonchev–Trinajstić information content (AvgIpc) is 2.83. The van der Waals surface area contributed by atoms with Gasteiger partial charge in [0, 0.05) is 10.6 Å². The van der Waals surface area contributed by atoms with Gasteiger partial charge in [0.05, 0.1) is 5.69 Å². The molecule has 0 aliphatic rings.